The average molecular weight is 698 g/mol. The van der Waals surface area contributed by atoms with E-state index in [1.54, 1.807) is 31.7 Å². The van der Waals surface area contributed by atoms with E-state index in [1.807, 2.05) is 0 Å². The zero-order valence-corrected chi connectivity index (χ0v) is 28.7. The summed E-state index contributed by atoms with van der Waals surface area (Å²) >= 11 is 0. The van der Waals surface area contributed by atoms with Crippen molar-refractivity contribution >= 4 is 29.3 Å². The van der Waals surface area contributed by atoms with Crippen molar-refractivity contribution < 1.29 is 37.5 Å². The molecule has 0 aromatic heterocycles. The van der Waals surface area contributed by atoms with Crippen molar-refractivity contribution in [1.82, 2.24) is 15.5 Å². The third kappa shape index (κ3) is 9.41. The fourth-order valence-corrected chi connectivity index (χ4v) is 6.59. The van der Waals surface area contributed by atoms with Crippen molar-refractivity contribution in [2.75, 3.05) is 18.4 Å². The van der Waals surface area contributed by atoms with Crippen LogP contribution in [-0.2, 0) is 25.1 Å². The van der Waals surface area contributed by atoms with E-state index < -0.39 is 58.6 Å². The lowest BCUT2D eigenvalue weighted by molar-refractivity contribution is -0.149. The minimum absolute atomic E-state index is 0.0505. The number of benzene rings is 2. The molecular formula is C37H46F3N5O5. The molecule has 13 heteroatoms. The van der Waals surface area contributed by atoms with Gasteiger partial charge >= 0.3 is 5.92 Å². The Morgan fingerprint density at radius 2 is 1.70 bits per heavy atom. The van der Waals surface area contributed by atoms with Crippen molar-refractivity contribution in [2.24, 2.45) is 5.92 Å². The normalized spacial score (nSPS) is 18.5. The summed E-state index contributed by atoms with van der Waals surface area (Å²) in [6.45, 7) is 5.63. The van der Waals surface area contributed by atoms with E-state index in [1.165, 1.54) is 24.3 Å². The second-order valence-electron chi connectivity index (χ2n) is 13.7. The Morgan fingerprint density at radius 1 is 1.04 bits per heavy atom. The summed E-state index contributed by atoms with van der Waals surface area (Å²) in [7, 11) is 0. The number of halogens is 3. The third-order valence-corrected chi connectivity index (χ3v) is 9.91. The van der Waals surface area contributed by atoms with Crippen LogP contribution in [0, 0.1) is 23.1 Å². The predicted molar refractivity (Wildman–Crippen MR) is 180 cm³/mol. The molecule has 0 bridgehead atoms. The van der Waals surface area contributed by atoms with Crippen LogP contribution in [-0.4, -0.2) is 64.4 Å². The summed E-state index contributed by atoms with van der Waals surface area (Å²) in [5, 5.41) is 26.9. The smallest absolute Gasteiger partial charge is 0.349 e. The Balaban J connectivity index is 1.55. The molecule has 1 aliphatic carbocycles. The monoisotopic (exact) mass is 697 g/mol. The SMILES string of the molecule is CCC(=O)N[C@@H](C(=O)N1CCC(C)(O)CC1)[C@@H](C)c1ccc(NC(=O)[C@@H](NC(=O)C(F)(F)c2cccc(C#N)c2)C2CCCCCC2)c(F)c1. The van der Waals surface area contributed by atoms with Gasteiger partial charge in [0.1, 0.15) is 17.9 Å². The summed E-state index contributed by atoms with van der Waals surface area (Å²) in [6, 6.07) is 7.85. The van der Waals surface area contributed by atoms with Gasteiger partial charge in [0.05, 0.1) is 22.9 Å². The first kappa shape index (κ1) is 38.4. The molecule has 270 valence electrons. The number of amides is 4. The second-order valence-corrected chi connectivity index (χ2v) is 13.7. The Bertz CT molecular complexity index is 1590. The highest BCUT2D eigenvalue weighted by atomic mass is 19.3. The van der Waals surface area contributed by atoms with Crippen molar-refractivity contribution in [2.45, 2.75) is 108 Å². The molecule has 0 unspecified atom stereocenters. The highest BCUT2D eigenvalue weighted by Gasteiger charge is 2.44. The van der Waals surface area contributed by atoms with Crippen molar-refractivity contribution in [3.63, 3.8) is 0 Å². The molecule has 0 radical (unpaired) electrons. The highest BCUT2D eigenvalue weighted by Crippen LogP contribution is 2.32. The number of rotatable bonds is 11. The molecule has 1 saturated carbocycles. The molecule has 10 nitrogen and oxygen atoms in total. The number of carbonyl (C=O) groups excluding carboxylic acids is 4. The number of aliphatic hydroxyl groups is 1. The molecule has 1 heterocycles. The van der Waals surface area contributed by atoms with Crippen LogP contribution < -0.4 is 16.0 Å². The lowest BCUT2D eigenvalue weighted by Gasteiger charge is -2.38. The lowest BCUT2D eigenvalue weighted by atomic mass is 9.89. The first-order valence-electron chi connectivity index (χ1n) is 17.3. The molecule has 2 aliphatic rings. The Hall–Kier alpha value is -4.44. The van der Waals surface area contributed by atoms with Gasteiger partial charge in [0, 0.05) is 31.0 Å². The minimum atomic E-state index is -4.05. The van der Waals surface area contributed by atoms with Crippen molar-refractivity contribution in [3.05, 3.63) is 65.0 Å². The molecular weight excluding hydrogens is 651 g/mol. The van der Waals surface area contributed by atoms with Crippen molar-refractivity contribution in [1.29, 1.82) is 5.26 Å². The number of carbonyl (C=O) groups is 4. The van der Waals surface area contributed by atoms with E-state index in [4.69, 9.17) is 5.26 Å². The topological polar surface area (TPSA) is 152 Å². The quantitative estimate of drug-likeness (QED) is 0.236. The third-order valence-electron chi connectivity index (χ3n) is 9.91. The average Bonchev–Trinajstić information content (AvgIpc) is 3.39. The number of piperidine rings is 1. The maximum absolute atomic E-state index is 15.7. The fourth-order valence-electron chi connectivity index (χ4n) is 6.59. The standard InChI is InChI=1S/C37H46F3N5O5/c1-4-30(46)43-31(34(48)45-18-16-36(3,50)17-19-45)23(2)26-14-15-29(28(38)21-26)42-33(47)32(25-11-7-5-6-8-12-25)44-35(49)37(39,40)27-13-9-10-24(20-27)22-41/h9-10,13-15,20-21,23,25,31-32,50H,4-8,11-12,16-19H2,1-3H3,(H,42,47)(H,43,46)(H,44,49)/t23-,31+,32-/m0/s1. The van der Waals surface area contributed by atoms with E-state index in [-0.39, 0.29) is 29.5 Å². The maximum Gasteiger partial charge on any atom is 0.349 e. The van der Waals surface area contributed by atoms with Gasteiger partial charge in [0.15, 0.2) is 0 Å². The summed E-state index contributed by atoms with van der Waals surface area (Å²) in [5.74, 6) is -9.33. The van der Waals surface area contributed by atoms with Gasteiger partial charge in [-0.05, 0) is 68.4 Å². The highest BCUT2D eigenvalue weighted by molar-refractivity contribution is 5.98. The number of hydrogen-bond acceptors (Lipinski definition) is 6. The number of anilines is 1. The molecule has 4 N–H and O–H groups in total. The fraction of sp³-hybridized carbons (Fsp3) is 0.541. The molecule has 4 rings (SSSR count). The van der Waals surface area contributed by atoms with Crippen LogP contribution in [0.4, 0.5) is 18.9 Å². The van der Waals surface area contributed by atoms with Crippen LogP contribution >= 0.6 is 0 Å². The summed E-state index contributed by atoms with van der Waals surface area (Å²) in [5.41, 5.74) is -1.51. The maximum atomic E-state index is 15.7. The van der Waals surface area contributed by atoms with Crippen LogP contribution in [0.25, 0.3) is 0 Å². The summed E-state index contributed by atoms with van der Waals surface area (Å²) in [4.78, 5) is 54.3. The van der Waals surface area contributed by atoms with Gasteiger partial charge in [0.2, 0.25) is 17.7 Å². The number of hydrogen-bond donors (Lipinski definition) is 4. The summed E-state index contributed by atoms with van der Waals surface area (Å²) < 4.78 is 46.4. The van der Waals surface area contributed by atoms with Crippen LogP contribution in [0.5, 0.6) is 0 Å². The van der Waals surface area contributed by atoms with E-state index in [9.17, 15) is 24.3 Å². The van der Waals surface area contributed by atoms with E-state index in [2.05, 4.69) is 16.0 Å². The molecule has 2 aromatic rings. The number of alkyl halides is 2. The van der Waals surface area contributed by atoms with Gasteiger partial charge in [-0.3, -0.25) is 19.2 Å². The van der Waals surface area contributed by atoms with Gasteiger partial charge in [-0.1, -0.05) is 57.7 Å². The molecule has 4 amide bonds. The zero-order valence-electron chi connectivity index (χ0n) is 28.7. The molecule has 2 aromatic carbocycles. The molecule has 2 fully saturated rings. The van der Waals surface area contributed by atoms with Crippen LogP contribution in [0.3, 0.4) is 0 Å². The second kappa shape index (κ2) is 16.5. The lowest BCUT2D eigenvalue weighted by Crippen LogP contribution is -2.54. The van der Waals surface area contributed by atoms with Crippen molar-refractivity contribution in [3.8, 4) is 6.07 Å². The van der Waals surface area contributed by atoms with Gasteiger partial charge in [-0.15, -0.1) is 0 Å². The predicted octanol–water partition coefficient (Wildman–Crippen LogP) is 5.25. The Labute approximate surface area is 290 Å². The Kier molecular flexibility index (Phi) is 12.7. The molecule has 1 saturated heterocycles. The number of nitriles is 1. The van der Waals surface area contributed by atoms with Crippen LogP contribution in [0.1, 0.15) is 101 Å². The van der Waals surface area contributed by atoms with Crippen LogP contribution in [0.15, 0.2) is 42.5 Å². The first-order chi connectivity index (χ1) is 23.7. The molecule has 3 atom stereocenters. The van der Waals surface area contributed by atoms with E-state index >= 15 is 13.2 Å². The Morgan fingerprint density at radius 3 is 2.30 bits per heavy atom. The molecule has 1 aliphatic heterocycles. The molecule has 0 spiro atoms. The summed E-state index contributed by atoms with van der Waals surface area (Å²) in [6.07, 6.45) is 5.13. The first-order valence-corrected chi connectivity index (χ1v) is 17.3. The van der Waals surface area contributed by atoms with Gasteiger partial charge in [0.25, 0.3) is 5.91 Å². The minimum Gasteiger partial charge on any atom is -0.390 e. The van der Waals surface area contributed by atoms with Crippen LogP contribution in [0.2, 0.25) is 0 Å². The molecule has 50 heavy (non-hydrogen) atoms. The van der Waals surface area contributed by atoms with E-state index in [0.717, 1.165) is 43.9 Å². The number of likely N-dealkylation sites (tertiary alicyclic amines) is 1. The van der Waals surface area contributed by atoms with Gasteiger partial charge in [-0.2, -0.15) is 14.0 Å². The number of nitrogens with zero attached hydrogens (tertiary/aromatic N) is 2. The zero-order chi connectivity index (χ0) is 36.6. The number of nitrogens with one attached hydrogen (secondary N) is 3. The van der Waals surface area contributed by atoms with Gasteiger partial charge < -0.3 is 26.0 Å². The van der Waals surface area contributed by atoms with Gasteiger partial charge in [-0.25, -0.2) is 4.39 Å². The van der Waals surface area contributed by atoms with E-state index in [0.29, 0.717) is 44.3 Å². The largest absolute Gasteiger partial charge is 0.390 e.